The molecule has 21 heavy (non-hydrogen) atoms. The first-order valence-corrected chi connectivity index (χ1v) is 7.27. The van der Waals surface area contributed by atoms with Gasteiger partial charge in [-0.25, -0.2) is 4.98 Å². The number of hydrogen-bond donors (Lipinski definition) is 1. The molecule has 0 spiro atoms. The van der Waals surface area contributed by atoms with Crippen LogP contribution in [0.5, 0.6) is 0 Å². The van der Waals surface area contributed by atoms with Gasteiger partial charge in [0.15, 0.2) is 0 Å². The Kier molecular flexibility index (Phi) is 5.72. The number of hydrogen-bond acceptors (Lipinski definition) is 6. The summed E-state index contributed by atoms with van der Waals surface area (Å²) in [6, 6.07) is 1.66. The molecule has 1 N–H and O–H groups in total. The van der Waals surface area contributed by atoms with Gasteiger partial charge in [-0.15, -0.1) is 0 Å². The number of nitrogens with one attached hydrogen (secondary N) is 1. The second kappa shape index (κ2) is 7.53. The zero-order chi connectivity index (χ0) is 15.2. The SMILES string of the molecule is COCCN(CC1CCCN1)c1ncc(Cl)cc1[N+](=O)[O-]. The molecule has 2 heterocycles. The van der Waals surface area contributed by atoms with Crippen LogP contribution in [-0.4, -0.2) is 49.3 Å². The molecule has 0 amide bonds. The fraction of sp³-hybridized carbons (Fsp3) is 0.615. The summed E-state index contributed by atoms with van der Waals surface area (Å²) in [6.45, 7) is 2.68. The lowest BCUT2D eigenvalue weighted by Crippen LogP contribution is -2.40. The average Bonchev–Trinajstić information content (AvgIpc) is 2.96. The fourth-order valence-corrected chi connectivity index (χ4v) is 2.62. The van der Waals surface area contributed by atoms with E-state index in [0.29, 0.717) is 31.6 Å². The van der Waals surface area contributed by atoms with Gasteiger partial charge in [0.1, 0.15) is 0 Å². The Balaban J connectivity index is 2.23. The Morgan fingerprint density at radius 2 is 2.48 bits per heavy atom. The highest BCUT2D eigenvalue weighted by Gasteiger charge is 2.25. The van der Waals surface area contributed by atoms with Crippen LogP contribution in [0.1, 0.15) is 12.8 Å². The van der Waals surface area contributed by atoms with E-state index in [9.17, 15) is 10.1 Å². The lowest BCUT2D eigenvalue weighted by molar-refractivity contribution is -0.384. The van der Waals surface area contributed by atoms with E-state index >= 15 is 0 Å². The highest BCUT2D eigenvalue weighted by molar-refractivity contribution is 6.30. The van der Waals surface area contributed by atoms with Gasteiger partial charge in [-0.1, -0.05) is 11.6 Å². The fourth-order valence-electron chi connectivity index (χ4n) is 2.46. The predicted octanol–water partition coefficient (Wildman–Crippen LogP) is 1.85. The number of ether oxygens (including phenoxy) is 1. The van der Waals surface area contributed by atoms with Gasteiger partial charge in [0, 0.05) is 38.5 Å². The third kappa shape index (κ3) is 4.26. The van der Waals surface area contributed by atoms with Gasteiger partial charge < -0.3 is 15.0 Å². The molecule has 1 fully saturated rings. The van der Waals surface area contributed by atoms with Gasteiger partial charge >= 0.3 is 5.69 Å². The van der Waals surface area contributed by atoms with Crippen LogP contribution >= 0.6 is 11.6 Å². The minimum Gasteiger partial charge on any atom is -0.383 e. The first-order valence-electron chi connectivity index (χ1n) is 6.89. The van der Waals surface area contributed by atoms with Crippen LogP contribution < -0.4 is 10.2 Å². The Bertz CT molecular complexity index is 494. The number of nitro groups is 1. The third-order valence-electron chi connectivity index (χ3n) is 3.48. The highest BCUT2D eigenvalue weighted by Crippen LogP contribution is 2.28. The standard InChI is InChI=1S/C13H19ClN4O3/c1-21-6-5-17(9-11-3-2-4-15-11)13-12(18(19)20)7-10(14)8-16-13/h7-8,11,15H,2-6,9H2,1H3. The summed E-state index contributed by atoms with van der Waals surface area (Å²) < 4.78 is 5.10. The molecular weight excluding hydrogens is 296 g/mol. The molecule has 1 saturated heterocycles. The van der Waals surface area contributed by atoms with Crippen molar-refractivity contribution in [2.75, 3.05) is 38.3 Å². The van der Waals surface area contributed by atoms with Gasteiger partial charge in [0.2, 0.25) is 5.82 Å². The molecule has 1 unspecified atom stereocenters. The van der Waals surface area contributed by atoms with Crippen molar-refractivity contribution >= 4 is 23.1 Å². The lowest BCUT2D eigenvalue weighted by atomic mass is 10.2. The molecule has 0 radical (unpaired) electrons. The Morgan fingerprint density at radius 3 is 3.10 bits per heavy atom. The van der Waals surface area contributed by atoms with Crippen molar-refractivity contribution in [3.63, 3.8) is 0 Å². The Labute approximate surface area is 128 Å². The molecular formula is C13H19ClN4O3. The van der Waals surface area contributed by atoms with E-state index in [-0.39, 0.29) is 10.7 Å². The van der Waals surface area contributed by atoms with Crippen molar-refractivity contribution in [2.24, 2.45) is 0 Å². The number of anilines is 1. The summed E-state index contributed by atoms with van der Waals surface area (Å²) in [7, 11) is 1.61. The summed E-state index contributed by atoms with van der Waals surface area (Å²) in [6.07, 6.45) is 3.62. The van der Waals surface area contributed by atoms with Crippen LogP contribution in [0.15, 0.2) is 12.3 Å². The van der Waals surface area contributed by atoms with Gasteiger partial charge in [-0.2, -0.15) is 0 Å². The molecule has 1 aliphatic heterocycles. The quantitative estimate of drug-likeness (QED) is 0.611. The zero-order valence-corrected chi connectivity index (χ0v) is 12.7. The van der Waals surface area contributed by atoms with Crippen molar-refractivity contribution in [3.05, 3.63) is 27.4 Å². The summed E-state index contributed by atoms with van der Waals surface area (Å²) in [4.78, 5) is 16.8. The van der Waals surface area contributed by atoms with Crippen LogP contribution in [-0.2, 0) is 4.74 Å². The molecule has 7 nitrogen and oxygen atoms in total. The van der Waals surface area contributed by atoms with E-state index < -0.39 is 4.92 Å². The van der Waals surface area contributed by atoms with E-state index in [2.05, 4.69) is 10.3 Å². The summed E-state index contributed by atoms with van der Waals surface area (Å²) in [5, 5.41) is 14.9. The second-order valence-corrected chi connectivity index (χ2v) is 5.42. The van der Waals surface area contributed by atoms with Gasteiger partial charge in [-0.05, 0) is 19.4 Å². The summed E-state index contributed by atoms with van der Waals surface area (Å²) in [5.41, 5.74) is -0.0726. The van der Waals surface area contributed by atoms with Crippen LogP contribution in [0.25, 0.3) is 0 Å². The smallest absolute Gasteiger partial charge is 0.313 e. The van der Waals surface area contributed by atoms with Gasteiger partial charge in [0.25, 0.3) is 0 Å². The summed E-state index contributed by atoms with van der Waals surface area (Å²) in [5.74, 6) is 0.343. The van der Waals surface area contributed by atoms with Gasteiger partial charge in [-0.3, -0.25) is 10.1 Å². The predicted molar refractivity (Wildman–Crippen MR) is 81.0 cm³/mol. The van der Waals surface area contributed by atoms with Crippen molar-refractivity contribution in [2.45, 2.75) is 18.9 Å². The number of rotatable bonds is 7. The number of aromatic nitrogens is 1. The van der Waals surface area contributed by atoms with E-state index in [1.165, 1.54) is 12.3 Å². The minimum atomic E-state index is -0.448. The maximum absolute atomic E-state index is 11.2. The van der Waals surface area contributed by atoms with Crippen LogP contribution in [0, 0.1) is 10.1 Å². The number of methoxy groups -OCH3 is 1. The van der Waals surface area contributed by atoms with Crippen molar-refractivity contribution < 1.29 is 9.66 Å². The van der Waals surface area contributed by atoms with Crippen LogP contribution in [0.3, 0.4) is 0 Å². The first kappa shape index (κ1) is 15.9. The van der Waals surface area contributed by atoms with Crippen molar-refractivity contribution in [1.29, 1.82) is 0 Å². The van der Waals surface area contributed by atoms with Crippen molar-refractivity contribution in [1.82, 2.24) is 10.3 Å². The van der Waals surface area contributed by atoms with Crippen molar-refractivity contribution in [3.8, 4) is 0 Å². The Morgan fingerprint density at radius 1 is 1.67 bits per heavy atom. The monoisotopic (exact) mass is 314 g/mol. The molecule has 116 valence electrons. The topological polar surface area (TPSA) is 80.5 Å². The lowest BCUT2D eigenvalue weighted by Gasteiger charge is -2.26. The molecule has 1 aromatic heterocycles. The molecule has 8 heteroatoms. The van der Waals surface area contributed by atoms with E-state index in [4.69, 9.17) is 16.3 Å². The maximum Gasteiger partial charge on any atom is 0.313 e. The molecule has 0 aromatic carbocycles. The minimum absolute atomic E-state index is 0.0726. The molecule has 1 aliphatic rings. The zero-order valence-electron chi connectivity index (χ0n) is 11.9. The average molecular weight is 315 g/mol. The van der Waals surface area contributed by atoms with E-state index in [0.717, 1.165) is 19.4 Å². The second-order valence-electron chi connectivity index (χ2n) is 4.99. The van der Waals surface area contributed by atoms with E-state index in [1.54, 1.807) is 7.11 Å². The first-order chi connectivity index (χ1) is 10.1. The molecule has 1 atom stereocenters. The maximum atomic E-state index is 11.2. The molecule has 0 bridgehead atoms. The number of pyridine rings is 1. The Hall–Kier alpha value is -1.44. The van der Waals surface area contributed by atoms with E-state index in [1.807, 2.05) is 4.90 Å². The highest BCUT2D eigenvalue weighted by atomic mass is 35.5. The molecule has 0 saturated carbocycles. The molecule has 2 rings (SSSR count). The third-order valence-corrected chi connectivity index (χ3v) is 3.69. The molecule has 0 aliphatic carbocycles. The number of nitrogens with zero attached hydrogens (tertiary/aromatic N) is 3. The normalized spacial score (nSPS) is 17.9. The van der Waals surface area contributed by atoms with Crippen LogP contribution in [0.4, 0.5) is 11.5 Å². The van der Waals surface area contributed by atoms with Crippen LogP contribution in [0.2, 0.25) is 5.02 Å². The largest absolute Gasteiger partial charge is 0.383 e. The molecule has 1 aromatic rings. The summed E-state index contributed by atoms with van der Waals surface area (Å²) >= 11 is 5.82. The van der Waals surface area contributed by atoms with Gasteiger partial charge in [0.05, 0.1) is 16.6 Å². The number of halogens is 1.